The van der Waals surface area contributed by atoms with Gasteiger partial charge in [-0.05, 0) is 113 Å². The van der Waals surface area contributed by atoms with E-state index in [1.54, 1.807) is 0 Å². The fourth-order valence-corrected chi connectivity index (χ4v) is 7.27. The van der Waals surface area contributed by atoms with Gasteiger partial charge in [0.15, 0.2) is 0 Å². The average Bonchev–Trinajstić information content (AvgIpc) is 3.37. The molecular formula is C45H57BN2O. The molecule has 0 saturated heterocycles. The maximum atomic E-state index is 7.15. The highest BCUT2D eigenvalue weighted by molar-refractivity contribution is 6.99. The molecule has 0 spiro atoms. The van der Waals surface area contributed by atoms with E-state index in [-0.39, 0.29) is 23.0 Å². The van der Waals surface area contributed by atoms with Gasteiger partial charge in [-0.15, -0.1) is 0 Å². The Kier molecular flexibility index (Phi) is 8.87. The summed E-state index contributed by atoms with van der Waals surface area (Å²) < 4.78 is 7.15. The number of anilines is 4. The highest BCUT2D eigenvalue weighted by atomic mass is 16.3. The van der Waals surface area contributed by atoms with Crippen LogP contribution in [0.4, 0.5) is 22.7 Å². The fraction of sp³-hybridized carbons (Fsp3) is 0.422. The number of hydrogen-bond acceptors (Lipinski definition) is 3. The molecule has 2 aliphatic heterocycles. The van der Waals surface area contributed by atoms with Crippen LogP contribution in [0.25, 0.3) is 11.0 Å². The van der Waals surface area contributed by atoms with Crippen molar-refractivity contribution in [3.63, 3.8) is 0 Å². The van der Waals surface area contributed by atoms with Gasteiger partial charge in [-0.3, -0.25) is 0 Å². The van der Waals surface area contributed by atoms with Gasteiger partial charge >= 0.3 is 0 Å². The van der Waals surface area contributed by atoms with Crippen LogP contribution >= 0.6 is 0 Å². The molecule has 3 nitrogen and oxygen atoms in total. The number of hydrogen-bond donors (Lipinski definition) is 0. The molecule has 256 valence electrons. The van der Waals surface area contributed by atoms with Crippen molar-refractivity contribution in [1.82, 2.24) is 0 Å². The van der Waals surface area contributed by atoms with Crippen LogP contribution in [-0.4, -0.2) is 6.71 Å². The van der Waals surface area contributed by atoms with Gasteiger partial charge in [0.1, 0.15) is 5.58 Å². The number of rotatable bonds is 6. The molecule has 0 bridgehead atoms. The predicted octanol–water partition coefficient (Wildman–Crippen LogP) is 11.2. The zero-order valence-corrected chi connectivity index (χ0v) is 32.4. The minimum absolute atomic E-state index is 0.00755. The maximum Gasteiger partial charge on any atom is 0.297 e. The van der Waals surface area contributed by atoms with Crippen molar-refractivity contribution >= 4 is 57.0 Å². The number of nitrogens with zero attached hydrogens (tertiary/aromatic N) is 2. The van der Waals surface area contributed by atoms with E-state index in [4.69, 9.17) is 4.42 Å². The lowest BCUT2D eigenvalue weighted by molar-refractivity contribution is 0.419. The first kappa shape index (κ1) is 34.9. The standard InChI is InChI=1S/C45H57BN2O/c1-14-24-47-36-20-18-32(45(11,12)13)28-35(36)46-40-37(47)25-30(4)26-38(40)48(33(17-15-16-29(2)3)22-23-43(5,6)7)41-34-27-31(44(8,9)10)19-21-39(34)49-42(41)46/h14-15,17-22,24-29H,16,23H2,1-13H3/b17-15-,24-14+,33-22+. The van der Waals surface area contributed by atoms with E-state index in [1.807, 2.05) is 0 Å². The third-order valence-electron chi connectivity index (χ3n) is 9.95. The smallest absolute Gasteiger partial charge is 0.297 e. The van der Waals surface area contributed by atoms with Crippen LogP contribution in [0.3, 0.4) is 0 Å². The van der Waals surface area contributed by atoms with E-state index < -0.39 is 0 Å². The highest BCUT2D eigenvalue weighted by Crippen LogP contribution is 2.45. The third kappa shape index (κ3) is 6.56. The van der Waals surface area contributed by atoms with Crippen molar-refractivity contribution in [3.05, 3.63) is 101 Å². The maximum absolute atomic E-state index is 7.15. The van der Waals surface area contributed by atoms with Crippen LogP contribution in [0.15, 0.2) is 89.1 Å². The molecule has 0 fully saturated rings. The molecule has 2 aliphatic rings. The Labute approximate surface area is 296 Å². The number of benzene rings is 3. The Balaban J connectivity index is 1.76. The topological polar surface area (TPSA) is 19.6 Å². The molecule has 3 heterocycles. The van der Waals surface area contributed by atoms with Crippen molar-refractivity contribution in [3.8, 4) is 0 Å². The summed E-state index contributed by atoms with van der Waals surface area (Å²) in [6, 6.07) is 18.7. The van der Waals surface area contributed by atoms with Crippen molar-refractivity contribution in [2.45, 2.75) is 114 Å². The molecular weight excluding hydrogens is 595 g/mol. The van der Waals surface area contributed by atoms with Gasteiger partial charge in [0.2, 0.25) is 0 Å². The molecule has 0 amide bonds. The highest BCUT2D eigenvalue weighted by Gasteiger charge is 2.46. The van der Waals surface area contributed by atoms with Crippen LogP contribution in [-0.2, 0) is 10.8 Å². The lowest BCUT2D eigenvalue weighted by atomic mass is 9.35. The predicted molar refractivity (Wildman–Crippen MR) is 216 cm³/mol. The quantitative estimate of drug-likeness (QED) is 0.153. The molecule has 0 saturated carbocycles. The van der Waals surface area contributed by atoms with Crippen molar-refractivity contribution in [1.29, 1.82) is 0 Å². The summed E-state index contributed by atoms with van der Waals surface area (Å²) in [6.45, 7) is 29.7. The average molecular weight is 653 g/mol. The van der Waals surface area contributed by atoms with Crippen LogP contribution in [0.1, 0.15) is 113 Å². The van der Waals surface area contributed by atoms with Gasteiger partial charge in [-0.25, -0.2) is 0 Å². The molecule has 0 unspecified atom stereocenters. The molecule has 49 heavy (non-hydrogen) atoms. The van der Waals surface area contributed by atoms with E-state index in [1.165, 1.54) is 61.4 Å². The van der Waals surface area contributed by atoms with Crippen LogP contribution in [0.2, 0.25) is 0 Å². The van der Waals surface area contributed by atoms with Crippen LogP contribution in [0, 0.1) is 18.3 Å². The summed E-state index contributed by atoms with van der Waals surface area (Å²) >= 11 is 0. The van der Waals surface area contributed by atoms with E-state index in [2.05, 4.69) is 179 Å². The second kappa shape index (κ2) is 12.4. The molecule has 6 rings (SSSR count). The minimum Gasteiger partial charge on any atom is -0.468 e. The summed E-state index contributed by atoms with van der Waals surface area (Å²) in [7, 11) is 0. The van der Waals surface area contributed by atoms with Crippen LogP contribution in [0.5, 0.6) is 0 Å². The first-order valence-electron chi connectivity index (χ1n) is 18.3. The molecule has 0 atom stereocenters. The SMILES string of the molecule is C/C=C/N1c2ccc(C(C)(C)C)cc2B2c3oc4ccc(C(C)(C)C)cc4c3N(C(/C=C\CC(C)C)=C/CC(C)(C)C)c3cc(C)cc1c32. The van der Waals surface area contributed by atoms with Gasteiger partial charge < -0.3 is 14.2 Å². The van der Waals surface area contributed by atoms with E-state index in [0.29, 0.717) is 5.92 Å². The molecule has 3 aromatic carbocycles. The first-order valence-corrected chi connectivity index (χ1v) is 18.3. The minimum atomic E-state index is -0.0374. The lowest BCUT2D eigenvalue weighted by Gasteiger charge is -2.42. The summed E-state index contributed by atoms with van der Waals surface area (Å²) in [5, 5.41) is 1.18. The Bertz CT molecular complexity index is 1980. The molecule has 4 aromatic rings. The van der Waals surface area contributed by atoms with E-state index in [0.717, 1.165) is 24.1 Å². The number of furan rings is 1. The van der Waals surface area contributed by atoms with Gasteiger partial charge in [-0.2, -0.15) is 0 Å². The molecule has 1 aromatic heterocycles. The largest absolute Gasteiger partial charge is 0.468 e. The van der Waals surface area contributed by atoms with E-state index in [9.17, 15) is 0 Å². The normalized spacial score (nSPS) is 15.2. The lowest BCUT2D eigenvalue weighted by Crippen LogP contribution is -2.61. The summed E-state index contributed by atoms with van der Waals surface area (Å²) in [4.78, 5) is 4.95. The first-order chi connectivity index (χ1) is 22.9. The number of aryl methyl sites for hydroxylation is 1. The number of fused-ring (bicyclic) bond motifs is 6. The summed E-state index contributed by atoms with van der Waals surface area (Å²) in [5.41, 5.74) is 14.7. The molecule has 0 N–H and O–H groups in total. The molecule has 4 heteroatoms. The molecule has 0 aliphatic carbocycles. The monoisotopic (exact) mass is 652 g/mol. The van der Waals surface area contributed by atoms with Gasteiger partial charge in [0.05, 0.1) is 11.3 Å². The van der Waals surface area contributed by atoms with Gasteiger partial charge in [-0.1, -0.05) is 113 Å². The van der Waals surface area contributed by atoms with Crippen molar-refractivity contribution in [2.75, 3.05) is 9.80 Å². The van der Waals surface area contributed by atoms with Gasteiger partial charge in [0.25, 0.3) is 6.71 Å². The van der Waals surface area contributed by atoms with Gasteiger partial charge in [0, 0.05) is 34.3 Å². The van der Waals surface area contributed by atoms with E-state index >= 15 is 0 Å². The second-order valence-corrected chi connectivity index (χ2v) is 18.1. The third-order valence-corrected chi connectivity index (χ3v) is 9.95. The van der Waals surface area contributed by atoms with Crippen molar-refractivity contribution < 1.29 is 4.42 Å². The summed E-state index contributed by atoms with van der Waals surface area (Å²) in [5.74, 6) is 0.583. The molecule has 0 radical (unpaired) electrons. The Morgan fingerprint density at radius 3 is 2.12 bits per heavy atom. The zero-order valence-electron chi connectivity index (χ0n) is 32.4. The Morgan fingerprint density at radius 1 is 0.837 bits per heavy atom. The fourth-order valence-electron chi connectivity index (χ4n) is 7.27. The van der Waals surface area contributed by atoms with Crippen LogP contribution < -0.4 is 26.4 Å². The number of allylic oxidation sites excluding steroid dienone is 4. The Hall–Kier alpha value is -3.92. The van der Waals surface area contributed by atoms with Crippen molar-refractivity contribution in [2.24, 2.45) is 11.3 Å². The second-order valence-electron chi connectivity index (χ2n) is 18.1. The summed E-state index contributed by atoms with van der Waals surface area (Å²) in [6.07, 6.45) is 13.6. The Morgan fingerprint density at radius 2 is 1.49 bits per heavy atom. The zero-order chi connectivity index (χ0) is 35.6.